The number of hydrogen-bond acceptors (Lipinski definition) is 3. The Morgan fingerprint density at radius 2 is 1.71 bits per heavy atom. The van der Waals surface area contributed by atoms with Crippen LogP contribution in [0.3, 0.4) is 0 Å². The van der Waals surface area contributed by atoms with Gasteiger partial charge in [-0.1, -0.05) is 61.0 Å². The topological polar surface area (TPSA) is 46.6 Å². The molecule has 0 bridgehead atoms. The normalized spacial score (nSPS) is 15.4. The third-order valence-corrected chi connectivity index (χ3v) is 5.20. The van der Waals surface area contributed by atoms with E-state index in [0.29, 0.717) is 22.1 Å². The van der Waals surface area contributed by atoms with Crippen LogP contribution in [-0.2, 0) is 14.3 Å². The fourth-order valence-electron chi connectivity index (χ4n) is 3.16. The highest BCUT2D eigenvalue weighted by atomic mass is 35.5. The van der Waals surface area contributed by atoms with Gasteiger partial charge in [0.1, 0.15) is 0 Å². The predicted molar refractivity (Wildman–Crippen MR) is 112 cm³/mol. The summed E-state index contributed by atoms with van der Waals surface area (Å²) in [5.74, 6) is -0.0303. The van der Waals surface area contributed by atoms with Crippen molar-refractivity contribution >= 4 is 35.1 Å². The molecular formula is C23H24ClNO3. The molecule has 0 saturated carbocycles. The van der Waals surface area contributed by atoms with Gasteiger partial charge in [-0.3, -0.25) is 4.79 Å². The van der Waals surface area contributed by atoms with Crippen LogP contribution >= 0.6 is 11.6 Å². The Kier molecular flexibility index (Phi) is 6.88. The third-order valence-electron chi connectivity index (χ3n) is 4.95. The van der Waals surface area contributed by atoms with E-state index in [4.69, 9.17) is 16.3 Å². The summed E-state index contributed by atoms with van der Waals surface area (Å²) in [5.41, 5.74) is 1.96. The Morgan fingerprint density at radius 1 is 1.07 bits per heavy atom. The second-order valence-electron chi connectivity index (χ2n) is 7.12. The minimum atomic E-state index is -0.523. The lowest BCUT2D eigenvalue weighted by atomic mass is 9.99. The standard InChI is InChI=1S/C23H24ClNO3/c1-17-11-13-25(14-12-17)22(26)16-28-23(27)21(15-18-5-3-2-4-6-18)19-7-9-20(24)10-8-19/h2-10,15,17H,11-14,16H2,1H3/b21-15+. The number of ether oxygens (including phenoxy) is 1. The van der Waals surface area contributed by atoms with Gasteiger partial charge in [-0.05, 0) is 48.1 Å². The molecule has 28 heavy (non-hydrogen) atoms. The number of carbonyl (C=O) groups excluding carboxylic acids is 2. The molecule has 146 valence electrons. The molecular weight excluding hydrogens is 374 g/mol. The van der Waals surface area contributed by atoms with Crippen molar-refractivity contribution in [2.45, 2.75) is 19.8 Å². The second-order valence-corrected chi connectivity index (χ2v) is 7.55. The number of nitrogens with zero attached hydrogens (tertiary/aromatic N) is 1. The molecule has 1 aliphatic heterocycles. The molecule has 0 unspecified atom stereocenters. The third kappa shape index (κ3) is 5.46. The molecule has 2 aromatic carbocycles. The fraction of sp³-hybridized carbons (Fsp3) is 0.304. The molecule has 0 radical (unpaired) electrons. The molecule has 3 rings (SSSR count). The smallest absolute Gasteiger partial charge is 0.339 e. The molecule has 0 spiro atoms. The number of likely N-dealkylation sites (tertiary alicyclic amines) is 1. The van der Waals surface area contributed by atoms with Crippen molar-refractivity contribution in [1.82, 2.24) is 4.90 Å². The SMILES string of the molecule is CC1CCN(C(=O)COC(=O)/C(=C/c2ccccc2)c2ccc(Cl)cc2)CC1. The Morgan fingerprint density at radius 3 is 2.36 bits per heavy atom. The van der Waals surface area contributed by atoms with E-state index in [2.05, 4.69) is 6.92 Å². The van der Waals surface area contributed by atoms with Crippen molar-refractivity contribution < 1.29 is 14.3 Å². The monoisotopic (exact) mass is 397 g/mol. The first kappa shape index (κ1) is 20.2. The van der Waals surface area contributed by atoms with E-state index in [9.17, 15) is 9.59 Å². The van der Waals surface area contributed by atoms with Crippen LogP contribution in [0.2, 0.25) is 5.02 Å². The van der Waals surface area contributed by atoms with E-state index >= 15 is 0 Å². The van der Waals surface area contributed by atoms with E-state index in [1.807, 2.05) is 30.3 Å². The van der Waals surface area contributed by atoms with Gasteiger partial charge in [0.25, 0.3) is 5.91 Å². The Bertz CT molecular complexity index is 838. The summed E-state index contributed by atoms with van der Waals surface area (Å²) in [6.45, 7) is 3.39. The first-order valence-electron chi connectivity index (χ1n) is 9.50. The first-order chi connectivity index (χ1) is 13.5. The zero-order valence-corrected chi connectivity index (χ0v) is 16.7. The summed E-state index contributed by atoms with van der Waals surface area (Å²) in [6.07, 6.45) is 3.74. The van der Waals surface area contributed by atoms with Crippen molar-refractivity contribution in [3.8, 4) is 0 Å². The van der Waals surface area contributed by atoms with Crippen LogP contribution < -0.4 is 0 Å². The van der Waals surface area contributed by atoms with Gasteiger partial charge in [0.2, 0.25) is 0 Å². The maximum Gasteiger partial charge on any atom is 0.339 e. The van der Waals surface area contributed by atoms with Crippen molar-refractivity contribution in [1.29, 1.82) is 0 Å². The number of piperidine rings is 1. The molecule has 4 nitrogen and oxygen atoms in total. The molecule has 1 amide bonds. The zero-order valence-electron chi connectivity index (χ0n) is 15.9. The van der Waals surface area contributed by atoms with E-state index in [-0.39, 0.29) is 12.5 Å². The maximum absolute atomic E-state index is 12.8. The summed E-state index contributed by atoms with van der Waals surface area (Å²) in [4.78, 5) is 26.9. The van der Waals surface area contributed by atoms with Gasteiger partial charge in [0, 0.05) is 18.1 Å². The highest BCUT2D eigenvalue weighted by molar-refractivity contribution is 6.30. The first-order valence-corrected chi connectivity index (χ1v) is 9.88. The number of esters is 1. The van der Waals surface area contributed by atoms with Crippen LogP contribution in [0.15, 0.2) is 54.6 Å². The molecule has 5 heteroatoms. The molecule has 1 fully saturated rings. The molecule has 0 aliphatic carbocycles. The van der Waals surface area contributed by atoms with E-state index in [0.717, 1.165) is 31.5 Å². The highest BCUT2D eigenvalue weighted by Gasteiger charge is 2.22. The van der Waals surface area contributed by atoms with Crippen molar-refractivity contribution in [2.75, 3.05) is 19.7 Å². The number of carbonyl (C=O) groups is 2. The molecule has 0 N–H and O–H groups in total. The van der Waals surface area contributed by atoms with Gasteiger partial charge < -0.3 is 9.64 Å². The molecule has 0 aromatic heterocycles. The van der Waals surface area contributed by atoms with E-state index < -0.39 is 5.97 Å². The number of rotatable bonds is 5. The average Bonchev–Trinajstić information content (AvgIpc) is 2.72. The lowest BCUT2D eigenvalue weighted by Crippen LogP contribution is -2.40. The van der Waals surface area contributed by atoms with Gasteiger partial charge in [0.15, 0.2) is 6.61 Å². The summed E-state index contributed by atoms with van der Waals surface area (Å²) >= 11 is 5.97. The van der Waals surface area contributed by atoms with Crippen molar-refractivity contribution in [3.05, 3.63) is 70.7 Å². The average molecular weight is 398 g/mol. The Labute approximate surface area is 170 Å². The van der Waals surface area contributed by atoms with Gasteiger partial charge in [-0.25, -0.2) is 4.79 Å². The van der Waals surface area contributed by atoms with Crippen LogP contribution in [0.4, 0.5) is 0 Å². The second kappa shape index (κ2) is 9.56. The van der Waals surface area contributed by atoms with Gasteiger partial charge in [-0.2, -0.15) is 0 Å². The number of halogens is 1. The van der Waals surface area contributed by atoms with Gasteiger partial charge in [0.05, 0.1) is 5.57 Å². The maximum atomic E-state index is 12.8. The molecule has 0 atom stereocenters. The van der Waals surface area contributed by atoms with Gasteiger partial charge in [-0.15, -0.1) is 0 Å². The molecule has 1 aliphatic rings. The summed E-state index contributed by atoms with van der Waals surface area (Å²) in [5, 5.41) is 0.589. The minimum Gasteiger partial charge on any atom is -0.452 e. The Hall–Kier alpha value is -2.59. The Balaban J connectivity index is 1.72. The van der Waals surface area contributed by atoms with E-state index in [1.54, 1.807) is 35.2 Å². The largest absolute Gasteiger partial charge is 0.452 e. The number of amides is 1. The van der Waals surface area contributed by atoms with Crippen molar-refractivity contribution in [3.63, 3.8) is 0 Å². The summed E-state index contributed by atoms with van der Waals surface area (Å²) < 4.78 is 5.37. The molecule has 2 aromatic rings. The quantitative estimate of drug-likeness (QED) is 0.418. The minimum absolute atomic E-state index is 0.143. The van der Waals surface area contributed by atoms with Crippen LogP contribution in [0.1, 0.15) is 30.9 Å². The lowest BCUT2D eigenvalue weighted by Gasteiger charge is -2.30. The number of hydrogen-bond donors (Lipinski definition) is 0. The molecule has 1 heterocycles. The summed E-state index contributed by atoms with van der Waals surface area (Å²) in [7, 11) is 0. The van der Waals surface area contributed by atoms with Crippen LogP contribution in [0.5, 0.6) is 0 Å². The molecule has 1 saturated heterocycles. The summed E-state index contributed by atoms with van der Waals surface area (Å²) in [6, 6.07) is 16.5. The van der Waals surface area contributed by atoms with Crippen LogP contribution in [0.25, 0.3) is 11.6 Å². The predicted octanol–water partition coefficient (Wildman–Crippen LogP) is 4.68. The van der Waals surface area contributed by atoms with E-state index in [1.165, 1.54) is 0 Å². The number of benzene rings is 2. The van der Waals surface area contributed by atoms with Gasteiger partial charge >= 0.3 is 5.97 Å². The zero-order chi connectivity index (χ0) is 19.9. The van der Waals surface area contributed by atoms with Crippen LogP contribution in [0, 0.1) is 5.92 Å². The fourth-order valence-corrected chi connectivity index (χ4v) is 3.29. The van der Waals surface area contributed by atoms with Crippen molar-refractivity contribution in [2.24, 2.45) is 5.92 Å². The highest BCUT2D eigenvalue weighted by Crippen LogP contribution is 2.22. The van der Waals surface area contributed by atoms with Crippen LogP contribution in [-0.4, -0.2) is 36.5 Å². The lowest BCUT2D eigenvalue weighted by molar-refractivity contribution is -0.148.